The van der Waals surface area contributed by atoms with E-state index < -0.39 is 72.1 Å². The van der Waals surface area contributed by atoms with Crippen molar-refractivity contribution in [1.29, 1.82) is 0 Å². The standard InChI is InChI=1S/C26H36N10O8/c27-16(3-14-7-29-11-31-14)25(42)33-17(4-15-8-30-12-32-15)18(38)5-21(28)34-22(40)2-1-13-9-36(26(43)35-24(13)41)23-6-19(39)20(10-37)44-23/h7-9,11-12,16-17,19-21,23,37,39H,1-6,10,27-28H2,(H,29,31)(H,30,32)(H,33,42)(H,34,40)(H,35,41,43)/t16?,17?,19-,20+,21?,23+/m0/s1. The molecular weight excluding hydrogens is 580 g/mol. The highest BCUT2D eigenvalue weighted by molar-refractivity contribution is 5.91. The van der Waals surface area contributed by atoms with Crippen molar-refractivity contribution in [3.63, 3.8) is 0 Å². The van der Waals surface area contributed by atoms with Gasteiger partial charge in [-0.05, 0) is 6.42 Å². The van der Waals surface area contributed by atoms with Crippen LogP contribution in [0.15, 0.2) is 40.8 Å². The summed E-state index contributed by atoms with van der Waals surface area (Å²) < 4.78 is 6.57. The van der Waals surface area contributed by atoms with E-state index in [1.165, 1.54) is 31.2 Å². The molecule has 0 radical (unpaired) electrons. The van der Waals surface area contributed by atoms with E-state index in [9.17, 15) is 34.2 Å². The van der Waals surface area contributed by atoms with Crippen LogP contribution in [0.1, 0.15) is 42.4 Å². The van der Waals surface area contributed by atoms with Gasteiger partial charge in [-0.25, -0.2) is 14.8 Å². The molecule has 6 atom stereocenters. The van der Waals surface area contributed by atoms with Crippen LogP contribution in [0.4, 0.5) is 0 Å². The highest BCUT2D eigenvalue weighted by atomic mass is 16.5. The monoisotopic (exact) mass is 616 g/mol. The Labute approximate surface area is 249 Å². The number of nitrogens with zero attached hydrogens (tertiary/aromatic N) is 3. The van der Waals surface area contributed by atoms with Crippen molar-refractivity contribution in [2.24, 2.45) is 11.5 Å². The second-order valence-corrected chi connectivity index (χ2v) is 10.5. The summed E-state index contributed by atoms with van der Waals surface area (Å²) in [5, 5.41) is 24.4. The molecule has 1 aliphatic heterocycles. The van der Waals surface area contributed by atoms with E-state index in [0.717, 1.165) is 4.57 Å². The third-order valence-electron chi connectivity index (χ3n) is 7.14. The van der Waals surface area contributed by atoms with E-state index in [-0.39, 0.29) is 44.1 Å². The number of aryl methyl sites for hydroxylation is 1. The molecule has 0 saturated carbocycles. The van der Waals surface area contributed by atoms with Crippen molar-refractivity contribution in [1.82, 2.24) is 40.1 Å². The van der Waals surface area contributed by atoms with Crippen LogP contribution in [0.5, 0.6) is 0 Å². The second kappa shape index (κ2) is 14.8. The minimum atomic E-state index is -1.11. The number of carbonyl (C=O) groups is 3. The molecule has 4 heterocycles. The SMILES string of the molecule is NC(CC(=O)C(Cc1cnc[nH]1)NC(=O)C(N)Cc1cnc[nH]1)NC(=O)CCc1cn([C@H]2C[C@H](O)[C@@H](CO)O2)c(=O)[nH]c1=O. The number of aliphatic hydroxyl groups is 2. The molecule has 4 rings (SSSR count). The minimum absolute atomic E-state index is 0.0258. The first-order chi connectivity index (χ1) is 21.0. The summed E-state index contributed by atoms with van der Waals surface area (Å²) in [5.74, 6) is -1.59. The van der Waals surface area contributed by atoms with Gasteiger partial charge in [0.05, 0.1) is 43.6 Å². The van der Waals surface area contributed by atoms with E-state index in [1.807, 2.05) is 0 Å². The summed E-state index contributed by atoms with van der Waals surface area (Å²) in [6.07, 6.45) is 2.99. The Morgan fingerprint density at radius 2 is 1.77 bits per heavy atom. The number of ketones is 1. The van der Waals surface area contributed by atoms with Gasteiger partial charge in [0.25, 0.3) is 5.56 Å². The van der Waals surface area contributed by atoms with Gasteiger partial charge in [0.1, 0.15) is 12.3 Å². The zero-order valence-corrected chi connectivity index (χ0v) is 23.6. The summed E-state index contributed by atoms with van der Waals surface area (Å²) in [6.45, 7) is -0.443. The van der Waals surface area contributed by atoms with Crippen LogP contribution in [-0.4, -0.2) is 94.4 Å². The number of aromatic nitrogens is 6. The smallest absolute Gasteiger partial charge is 0.330 e. The molecule has 11 N–H and O–H groups in total. The fraction of sp³-hybridized carbons (Fsp3) is 0.500. The maximum atomic E-state index is 13.2. The van der Waals surface area contributed by atoms with Crippen LogP contribution in [0.3, 0.4) is 0 Å². The first kappa shape index (κ1) is 32.4. The molecule has 238 valence electrons. The van der Waals surface area contributed by atoms with Gasteiger partial charge in [-0.2, -0.15) is 0 Å². The van der Waals surface area contributed by atoms with Crippen molar-refractivity contribution < 1.29 is 29.3 Å². The predicted molar refractivity (Wildman–Crippen MR) is 151 cm³/mol. The first-order valence-corrected chi connectivity index (χ1v) is 13.9. The van der Waals surface area contributed by atoms with Gasteiger partial charge in [0.2, 0.25) is 11.8 Å². The molecule has 0 bridgehead atoms. The van der Waals surface area contributed by atoms with Crippen LogP contribution in [0.25, 0.3) is 0 Å². The molecule has 1 aliphatic rings. The molecule has 3 aromatic rings. The van der Waals surface area contributed by atoms with Gasteiger partial charge >= 0.3 is 5.69 Å². The van der Waals surface area contributed by atoms with Crippen molar-refractivity contribution >= 4 is 17.6 Å². The first-order valence-electron chi connectivity index (χ1n) is 13.9. The van der Waals surface area contributed by atoms with Crippen LogP contribution in [-0.2, 0) is 38.4 Å². The molecule has 0 spiro atoms. The quantitative estimate of drug-likeness (QED) is 0.0743. The lowest BCUT2D eigenvalue weighted by Crippen LogP contribution is -2.52. The number of Topliss-reactive ketones (excluding diaryl/α,β-unsaturated/α-hetero) is 1. The molecule has 44 heavy (non-hydrogen) atoms. The van der Waals surface area contributed by atoms with Gasteiger partial charge in [0.15, 0.2) is 5.78 Å². The molecular formula is C26H36N10O8. The molecule has 3 aromatic heterocycles. The number of nitrogens with two attached hydrogens (primary N) is 2. The Balaban J connectivity index is 1.32. The lowest BCUT2D eigenvalue weighted by molar-refractivity contribution is -0.129. The number of carbonyl (C=O) groups excluding carboxylic acids is 3. The van der Waals surface area contributed by atoms with Gasteiger partial charge in [0, 0.05) is 67.6 Å². The predicted octanol–water partition coefficient (Wildman–Crippen LogP) is -3.79. The zero-order valence-electron chi connectivity index (χ0n) is 23.6. The Kier molecular flexibility index (Phi) is 10.9. The summed E-state index contributed by atoms with van der Waals surface area (Å²) in [6, 6.07) is -1.97. The maximum Gasteiger partial charge on any atom is 0.330 e. The Morgan fingerprint density at radius 1 is 1.09 bits per heavy atom. The third kappa shape index (κ3) is 8.54. The number of hydrogen-bond donors (Lipinski definition) is 9. The molecule has 0 aliphatic carbocycles. The van der Waals surface area contributed by atoms with Crippen molar-refractivity contribution in [2.75, 3.05) is 6.61 Å². The van der Waals surface area contributed by atoms with Crippen LogP contribution >= 0.6 is 0 Å². The van der Waals surface area contributed by atoms with E-state index in [4.69, 9.17) is 16.2 Å². The lowest BCUT2D eigenvalue weighted by atomic mass is 10.0. The number of amides is 2. The molecule has 1 fully saturated rings. The number of nitrogens with one attached hydrogen (secondary N) is 5. The maximum absolute atomic E-state index is 13.2. The average molecular weight is 617 g/mol. The Hall–Kier alpha value is -4.49. The van der Waals surface area contributed by atoms with E-state index >= 15 is 0 Å². The number of imidazole rings is 2. The summed E-state index contributed by atoms with van der Waals surface area (Å²) in [4.78, 5) is 78.9. The number of H-pyrrole nitrogens is 3. The Bertz CT molecular complexity index is 1520. The summed E-state index contributed by atoms with van der Waals surface area (Å²) in [5.41, 5.74) is 11.9. The number of aliphatic hydroxyl groups excluding tert-OH is 2. The minimum Gasteiger partial charge on any atom is -0.394 e. The van der Waals surface area contributed by atoms with Crippen molar-refractivity contribution in [3.05, 3.63) is 69.0 Å². The van der Waals surface area contributed by atoms with Crippen LogP contribution in [0, 0.1) is 0 Å². The summed E-state index contributed by atoms with van der Waals surface area (Å²) >= 11 is 0. The molecule has 18 heteroatoms. The number of rotatable bonds is 15. The van der Waals surface area contributed by atoms with Gasteiger partial charge in [-0.15, -0.1) is 0 Å². The van der Waals surface area contributed by atoms with Crippen LogP contribution < -0.4 is 33.3 Å². The van der Waals surface area contributed by atoms with Crippen molar-refractivity contribution in [3.8, 4) is 0 Å². The van der Waals surface area contributed by atoms with Crippen LogP contribution in [0.2, 0.25) is 0 Å². The number of aromatic amines is 3. The molecule has 0 aromatic carbocycles. The topological polar surface area (TPSA) is 289 Å². The number of hydrogen-bond acceptors (Lipinski definition) is 12. The van der Waals surface area contributed by atoms with Gasteiger partial charge in [-0.1, -0.05) is 0 Å². The lowest BCUT2D eigenvalue weighted by Gasteiger charge is -2.21. The normalized spacial score (nSPS) is 20.1. The largest absolute Gasteiger partial charge is 0.394 e. The van der Waals surface area contributed by atoms with E-state index in [1.54, 1.807) is 0 Å². The fourth-order valence-corrected chi connectivity index (χ4v) is 4.77. The fourth-order valence-electron chi connectivity index (χ4n) is 4.77. The molecule has 2 amide bonds. The highest BCUT2D eigenvalue weighted by Gasteiger charge is 2.35. The van der Waals surface area contributed by atoms with Gasteiger partial charge < -0.3 is 47.0 Å². The van der Waals surface area contributed by atoms with Gasteiger partial charge in [-0.3, -0.25) is 28.7 Å². The highest BCUT2D eigenvalue weighted by Crippen LogP contribution is 2.27. The van der Waals surface area contributed by atoms with E-state index in [2.05, 4.69) is 35.6 Å². The third-order valence-corrected chi connectivity index (χ3v) is 7.14. The average Bonchev–Trinajstić information content (AvgIpc) is 3.75. The van der Waals surface area contributed by atoms with Crippen molar-refractivity contribution in [2.45, 2.75) is 75.2 Å². The molecule has 18 nitrogen and oxygen atoms in total. The van der Waals surface area contributed by atoms with E-state index in [0.29, 0.717) is 11.4 Å². The number of ether oxygens (including phenoxy) is 1. The molecule has 3 unspecified atom stereocenters. The molecule has 1 saturated heterocycles. The zero-order chi connectivity index (χ0) is 31.8. The Morgan fingerprint density at radius 3 is 2.39 bits per heavy atom. The summed E-state index contributed by atoms with van der Waals surface area (Å²) in [7, 11) is 0. The second-order valence-electron chi connectivity index (χ2n) is 10.5.